The summed E-state index contributed by atoms with van der Waals surface area (Å²) in [7, 11) is 4.83. The van der Waals surface area contributed by atoms with E-state index in [2.05, 4.69) is 74.8 Å². The van der Waals surface area contributed by atoms with E-state index in [1.165, 1.54) is 46.3 Å². The van der Waals surface area contributed by atoms with Crippen molar-refractivity contribution in [3.63, 3.8) is 0 Å². The minimum atomic E-state index is 1.16. The summed E-state index contributed by atoms with van der Waals surface area (Å²) in [4.78, 5) is 0. The summed E-state index contributed by atoms with van der Waals surface area (Å²) in [5.41, 5.74) is 2.92. The molecule has 2 aromatic carbocycles. The van der Waals surface area contributed by atoms with Crippen molar-refractivity contribution in [1.82, 2.24) is 0 Å². The van der Waals surface area contributed by atoms with E-state index in [1.54, 1.807) is 0 Å². The lowest BCUT2D eigenvalue weighted by Gasteiger charge is -2.46. The SMILES string of the molecule is C[N+]1(Cc2ccccc2)CC[N+](C)(Cc2ccccc2)CC1. The summed E-state index contributed by atoms with van der Waals surface area (Å²) in [5.74, 6) is 0. The summed E-state index contributed by atoms with van der Waals surface area (Å²) < 4.78 is 2.35. The molecule has 0 aliphatic carbocycles. The Morgan fingerprint density at radius 3 is 1.23 bits per heavy atom. The molecule has 116 valence electrons. The van der Waals surface area contributed by atoms with Gasteiger partial charge in [-0.2, -0.15) is 0 Å². The van der Waals surface area contributed by atoms with Crippen LogP contribution in [0.15, 0.2) is 60.7 Å². The van der Waals surface area contributed by atoms with E-state index in [0.29, 0.717) is 0 Å². The van der Waals surface area contributed by atoms with Crippen molar-refractivity contribution in [1.29, 1.82) is 0 Å². The third-order valence-electron chi connectivity index (χ3n) is 5.17. The molecule has 0 amide bonds. The van der Waals surface area contributed by atoms with Crippen molar-refractivity contribution in [2.75, 3.05) is 40.3 Å². The Balaban J connectivity index is 1.61. The molecule has 0 radical (unpaired) electrons. The van der Waals surface area contributed by atoms with Crippen molar-refractivity contribution in [3.8, 4) is 0 Å². The second-order valence-corrected chi connectivity index (χ2v) is 7.42. The van der Waals surface area contributed by atoms with E-state index in [1.807, 2.05) is 0 Å². The normalized spacial score (nSPS) is 28.5. The number of likely N-dealkylation sites (N-methyl/N-ethyl adjacent to an activating group) is 2. The first-order chi connectivity index (χ1) is 10.6. The van der Waals surface area contributed by atoms with Gasteiger partial charge in [0.1, 0.15) is 39.3 Å². The average Bonchev–Trinajstić information content (AvgIpc) is 2.53. The van der Waals surface area contributed by atoms with Gasteiger partial charge in [0.2, 0.25) is 0 Å². The molecular weight excluding hydrogens is 268 g/mol. The lowest BCUT2D eigenvalue weighted by molar-refractivity contribution is -1.03. The van der Waals surface area contributed by atoms with Crippen molar-refractivity contribution in [2.24, 2.45) is 0 Å². The van der Waals surface area contributed by atoms with Gasteiger partial charge >= 0.3 is 0 Å². The lowest BCUT2D eigenvalue weighted by atomic mass is 10.1. The highest BCUT2D eigenvalue weighted by atomic mass is 15.4. The van der Waals surface area contributed by atoms with Crippen LogP contribution in [0.3, 0.4) is 0 Å². The maximum atomic E-state index is 2.42. The van der Waals surface area contributed by atoms with E-state index in [-0.39, 0.29) is 0 Å². The molecule has 2 nitrogen and oxygen atoms in total. The molecule has 1 heterocycles. The van der Waals surface area contributed by atoms with Crippen molar-refractivity contribution >= 4 is 0 Å². The summed E-state index contributed by atoms with van der Waals surface area (Å²) in [6.07, 6.45) is 0. The Labute approximate surface area is 134 Å². The molecular formula is C20H28N2+2. The van der Waals surface area contributed by atoms with Crippen LogP contribution in [-0.2, 0) is 13.1 Å². The third-order valence-corrected chi connectivity index (χ3v) is 5.17. The molecule has 1 saturated heterocycles. The van der Waals surface area contributed by atoms with E-state index in [9.17, 15) is 0 Å². The van der Waals surface area contributed by atoms with Crippen LogP contribution in [0.25, 0.3) is 0 Å². The Morgan fingerprint density at radius 1 is 0.591 bits per heavy atom. The van der Waals surface area contributed by atoms with Gasteiger partial charge in [-0.3, -0.25) is 0 Å². The smallest absolute Gasteiger partial charge is 0.129 e. The van der Waals surface area contributed by atoms with Crippen LogP contribution < -0.4 is 0 Å². The fourth-order valence-electron chi connectivity index (χ4n) is 3.55. The molecule has 3 rings (SSSR count). The Bertz CT molecular complexity index is 528. The maximum Gasteiger partial charge on any atom is 0.129 e. The van der Waals surface area contributed by atoms with E-state index < -0.39 is 0 Å². The Morgan fingerprint density at radius 2 is 0.909 bits per heavy atom. The Hall–Kier alpha value is -1.64. The molecule has 1 aliphatic heterocycles. The molecule has 0 spiro atoms. The van der Waals surface area contributed by atoms with Gasteiger partial charge in [-0.25, -0.2) is 0 Å². The number of hydrogen-bond donors (Lipinski definition) is 0. The summed E-state index contributed by atoms with van der Waals surface area (Å²) >= 11 is 0. The monoisotopic (exact) mass is 296 g/mol. The zero-order valence-electron chi connectivity index (χ0n) is 13.9. The highest BCUT2D eigenvalue weighted by Crippen LogP contribution is 2.21. The Kier molecular flexibility index (Phi) is 4.32. The first-order valence-corrected chi connectivity index (χ1v) is 8.32. The second kappa shape index (κ2) is 6.23. The van der Waals surface area contributed by atoms with Crippen LogP contribution in [0.5, 0.6) is 0 Å². The number of nitrogens with zero attached hydrogens (tertiary/aromatic N) is 2. The second-order valence-electron chi connectivity index (χ2n) is 7.42. The van der Waals surface area contributed by atoms with Gasteiger partial charge in [-0.15, -0.1) is 0 Å². The molecule has 0 saturated carbocycles. The third kappa shape index (κ3) is 3.76. The zero-order valence-corrected chi connectivity index (χ0v) is 13.9. The lowest BCUT2D eigenvalue weighted by Crippen LogP contribution is -2.63. The van der Waals surface area contributed by atoms with Crippen LogP contribution in [0, 0.1) is 0 Å². The number of hydrogen-bond acceptors (Lipinski definition) is 0. The van der Waals surface area contributed by atoms with Gasteiger partial charge in [-0.05, 0) is 0 Å². The van der Waals surface area contributed by atoms with Gasteiger partial charge in [-0.1, -0.05) is 60.7 Å². The predicted molar refractivity (Wildman–Crippen MR) is 92.1 cm³/mol. The maximum absolute atomic E-state index is 2.42. The molecule has 2 aromatic rings. The standard InChI is InChI=1S/C20H28N2/c1-21(17-19-9-5-3-6-10-19)13-15-22(2,16-14-21)18-20-11-7-4-8-12-20/h3-12H,13-18H2,1-2H3/q+2. The van der Waals surface area contributed by atoms with Gasteiger partial charge in [0.15, 0.2) is 0 Å². The van der Waals surface area contributed by atoms with Crippen molar-refractivity contribution in [2.45, 2.75) is 13.1 Å². The van der Waals surface area contributed by atoms with Crippen LogP contribution in [-0.4, -0.2) is 49.2 Å². The summed E-state index contributed by atoms with van der Waals surface area (Å²) in [5, 5.41) is 0. The predicted octanol–water partition coefficient (Wildman–Crippen LogP) is 3.29. The molecule has 0 aromatic heterocycles. The van der Waals surface area contributed by atoms with Gasteiger partial charge < -0.3 is 8.97 Å². The van der Waals surface area contributed by atoms with Crippen LogP contribution in [0.2, 0.25) is 0 Å². The number of piperazine rings is 1. The fourth-order valence-corrected chi connectivity index (χ4v) is 3.55. The number of benzene rings is 2. The largest absolute Gasteiger partial charge is 0.313 e. The van der Waals surface area contributed by atoms with Crippen molar-refractivity contribution < 1.29 is 8.97 Å². The molecule has 1 fully saturated rings. The van der Waals surface area contributed by atoms with Crippen LogP contribution in [0.4, 0.5) is 0 Å². The minimum absolute atomic E-state index is 1.16. The van der Waals surface area contributed by atoms with Gasteiger partial charge in [0.25, 0.3) is 0 Å². The van der Waals surface area contributed by atoms with Crippen molar-refractivity contribution in [3.05, 3.63) is 71.8 Å². The molecule has 22 heavy (non-hydrogen) atoms. The average molecular weight is 296 g/mol. The molecule has 0 atom stereocenters. The highest BCUT2D eigenvalue weighted by molar-refractivity contribution is 5.14. The topological polar surface area (TPSA) is 0 Å². The fraction of sp³-hybridized carbons (Fsp3) is 0.400. The number of rotatable bonds is 4. The van der Waals surface area contributed by atoms with Gasteiger partial charge in [0.05, 0.1) is 14.1 Å². The van der Waals surface area contributed by atoms with Gasteiger partial charge in [0, 0.05) is 11.1 Å². The van der Waals surface area contributed by atoms with E-state index in [4.69, 9.17) is 0 Å². The van der Waals surface area contributed by atoms with Crippen LogP contribution in [0.1, 0.15) is 11.1 Å². The molecule has 0 N–H and O–H groups in total. The van der Waals surface area contributed by atoms with Crippen LogP contribution >= 0.6 is 0 Å². The first-order valence-electron chi connectivity index (χ1n) is 8.32. The summed E-state index contributed by atoms with van der Waals surface area (Å²) in [6, 6.07) is 21.9. The first kappa shape index (κ1) is 15.3. The highest BCUT2D eigenvalue weighted by Gasteiger charge is 2.37. The minimum Gasteiger partial charge on any atom is -0.313 e. The quantitative estimate of drug-likeness (QED) is 0.760. The van der Waals surface area contributed by atoms with E-state index >= 15 is 0 Å². The van der Waals surface area contributed by atoms with E-state index in [0.717, 1.165) is 13.1 Å². The molecule has 1 aliphatic rings. The summed E-state index contributed by atoms with van der Waals surface area (Å²) in [6.45, 7) is 7.37. The molecule has 0 unspecified atom stereocenters. The zero-order chi connectivity index (χ0) is 15.5. The molecule has 2 heteroatoms. The molecule has 0 bridgehead atoms. The number of quaternary nitrogens is 2.